The third-order valence-corrected chi connectivity index (χ3v) is 1.43. The summed E-state index contributed by atoms with van der Waals surface area (Å²) in [5.74, 6) is -0.553. The molecule has 0 spiro atoms. The number of hydrogen-bond donors (Lipinski definition) is 3. The molecule has 0 unspecified atom stereocenters. The van der Waals surface area contributed by atoms with Crippen molar-refractivity contribution in [1.29, 1.82) is 0 Å². The van der Waals surface area contributed by atoms with Crippen LogP contribution in [0.25, 0.3) is 0 Å². The van der Waals surface area contributed by atoms with Crippen LogP contribution in [-0.2, 0) is 6.61 Å². The van der Waals surface area contributed by atoms with Crippen molar-refractivity contribution in [1.82, 2.24) is 0 Å². The minimum atomic E-state index is -0.553. The summed E-state index contributed by atoms with van der Waals surface area (Å²) in [7, 11) is 0. The zero-order chi connectivity index (χ0) is 8.43. The number of nitrogens with two attached hydrogens (primary N) is 2. The molecule has 1 rings (SSSR count). The fraction of sp³-hybridized carbons (Fsp3) is 0.143. The van der Waals surface area contributed by atoms with Crippen LogP contribution in [0, 0.1) is 5.82 Å². The molecule has 5 N–H and O–H groups in total. The Morgan fingerprint density at radius 3 is 2.45 bits per heavy atom. The van der Waals surface area contributed by atoms with Crippen LogP contribution in [-0.4, -0.2) is 5.11 Å². The Morgan fingerprint density at radius 2 is 1.91 bits per heavy atom. The quantitative estimate of drug-likeness (QED) is 0.518. The monoisotopic (exact) mass is 156 g/mol. The van der Waals surface area contributed by atoms with Crippen LogP contribution in [0.1, 0.15) is 5.56 Å². The van der Waals surface area contributed by atoms with Gasteiger partial charge in [-0.25, -0.2) is 4.39 Å². The number of nitrogen functional groups attached to an aromatic ring is 2. The third-order valence-electron chi connectivity index (χ3n) is 1.43. The highest BCUT2D eigenvalue weighted by Gasteiger charge is 2.03. The normalized spacial score (nSPS) is 10.0. The molecule has 0 aliphatic heterocycles. The molecule has 0 fully saturated rings. The maximum atomic E-state index is 12.7. The van der Waals surface area contributed by atoms with Crippen LogP contribution >= 0.6 is 0 Å². The van der Waals surface area contributed by atoms with Gasteiger partial charge in [0.25, 0.3) is 0 Å². The highest BCUT2D eigenvalue weighted by Crippen LogP contribution is 2.19. The molecule has 4 heteroatoms. The summed E-state index contributed by atoms with van der Waals surface area (Å²) >= 11 is 0. The number of aliphatic hydroxyl groups is 1. The van der Waals surface area contributed by atoms with Crippen molar-refractivity contribution in [3.63, 3.8) is 0 Å². The molecule has 0 saturated heterocycles. The molecular formula is C7H9FN2O. The van der Waals surface area contributed by atoms with E-state index in [4.69, 9.17) is 16.6 Å². The molecule has 1 aromatic carbocycles. The van der Waals surface area contributed by atoms with E-state index >= 15 is 0 Å². The second-order valence-electron chi connectivity index (χ2n) is 2.23. The Kier molecular flexibility index (Phi) is 1.96. The molecule has 0 bridgehead atoms. The van der Waals surface area contributed by atoms with Gasteiger partial charge in [0, 0.05) is 11.3 Å². The fourth-order valence-corrected chi connectivity index (χ4v) is 0.786. The van der Waals surface area contributed by atoms with E-state index < -0.39 is 5.82 Å². The first-order chi connectivity index (χ1) is 5.15. The van der Waals surface area contributed by atoms with Crippen molar-refractivity contribution >= 4 is 11.4 Å². The van der Waals surface area contributed by atoms with Crippen molar-refractivity contribution < 1.29 is 9.50 Å². The molecule has 0 aliphatic carbocycles. The first-order valence-corrected chi connectivity index (χ1v) is 3.09. The molecule has 0 saturated carbocycles. The summed E-state index contributed by atoms with van der Waals surface area (Å²) in [5, 5.41) is 8.65. The van der Waals surface area contributed by atoms with E-state index in [1.807, 2.05) is 0 Å². The van der Waals surface area contributed by atoms with Crippen LogP contribution in [0.15, 0.2) is 12.1 Å². The van der Waals surface area contributed by atoms with Crippen molar-refractivity contribution in [2.45, 2.75) is 6.61 Å². The Labute approximate surface area is 63.4 Å². The largest absolute Gasteiger partial charge is 0.398 e. The van der Waals surface area contributed by atoms with Gasteiger partial charge in [0.1, 0.15) is 5.82 Å². The summed E-state index contributed by atoms with van der Waals surface area (Å²) in [6.07, 6.45) is 0. The van der Waals surface area contributed by atoms with Gasteiger partial charge in [-0.3, -0.25) is 0 Å². The first-order valence-electron chi connectivity index (χ1n) is 3.09. The van der Waals surface area contributed by atoms with Gasteiger partial charge < -0.3 is 16.6 Å². The minimum Gasteiger partial charge on any atom is -0.398 e. The number of hydrogen-bond acceptors (Lipinski definition) is 3. The van der Waals surface area contributed by atoms with Crippen LogP contribution in [0.2, 0.25) is 0 Å². The number of halogens is 1. The van der Waals surface area contributed by atoms with Crippen LogP contribution in [0.4, 0.5) is 15.8 Å². The lowest BCUT2D eigenvalue weighted by Gasteiger charge is -2.03. The summed E-state index contributed by atoms with van der Waals surface area (Å²) in [6.45, 7) is -0.275. The fourth-order valence-electron chi connectivity index (χ4n) is 0.786. The van der Waals surface area contributed by atoms with Gasteiger partial charge in [0.2, 0.25) is 0 Å². The van der Waals surface area contributed by atoms with Crippen LogP contribution in [0.5, 0.6) is 0 Å². The third kappa shape index (κ3) is 1.40. The number of aliphatic hydroxyl groups excluding tert-OH is 1. The SMILES string of the molecule is Nc1cc(N)c(CO)cc1F. The predicted molar refractivity (Wildman–Crippen MR) is 41.1 cm³/mol. The van der Waals surface area contributed by atoms with E-state index in [-0.39, 0.29) is 12.3 Å². The van der Waals surface area contributed by atoms with Gasteiger partial charge in [0.15, 0.2) is 0 Å². The maximum Gasteiger partial charge on any atom is 0.146 e. The highest BCUT2D eigenvalue weighted by molar-refractivity contribution is 5.57. The molecule has 3 nitrogen and oxygen atoms in total. The van der Waals surface area contributed by atoms with Gasteiger partial charge in [-0.15, -0.1) is 0 Å². The molecule has 0 aromatic heterocycles. The van der Waals surface area contributed by atoms with E-state index in [9.17, 15) is 4.39 Å². The van der Waals surface area contributed by atoms with Crippen molar-refractivity contribution in [3.8, 4) is 0 Å². The lowest BCUT2D eigenvalue weighted by molar-refractivity contribution is 0.282. The first kappa shape index (κ1) is 7.81. The average Bonchev–Trinajstić information content (AvgIpc) is 1.97. The average molecular weight is 156 g/mol. The summed E-state index contributed by atoms with van der Waals surface area (Å²) in [5.41, 5.74) is 11.3. The van der Waals surface area contributed by atoms with Crippen molar-refractivity contribution in [2.75, 3.05) is 11.5 Å². The molecule has 11 heavy (non-hydrogen) atoms. The minimum absolute atomic E-state index is 0.000278. The molecule has 0 amide bonds. The Morgan fingerprint density at radius 1 is 1.27 bits per heavy atom. The van der Waals surface area contributed by atoms with E-state index in [0.717, 1.165) is 6.07 Å². The second-order valence-corrected chi connectivity index (χ2v) is 2.23. The molecule has 60 valence electrons. The summed E-state index contributed by atoms with van der Waals surface area (Å²) in [6, 6.07) is 2.42. The van der Waals surface area contributed by atoms with E-state index in [0.29, 0.717) is 11.3 Å². The van der Waals surface area contributed by atoms with Crippen molar-refractivity contribution in [2.24, 2.45) is 0 Å². The summed E-state index contributed by atoms with van der Waals surface area (Å²) in [4.78, 5) is 0. The molecule has 0 aliphatic rings. The van der Waals surface area contributed by atoms with Crippen molar-refractivity contribution in [3.05, 3.63) is 23.5 Å². The molecule has 0 heterocycles. The number of anilines is 2. The van der Waals surface area contributed by atoms with Crippen LogP contribution in [0.3, 0.4) is 0 Å². The predicted octanol–water partition coefficient (Wildman–Crippen LogP) is 0.482. The Bertz CT molecular complexity index is 275. The molecule has 0 atom stereocenters. The van der Waals surface area contributed by atoms with E-state index in [1.165, 1.54) is 6.07 Å². The zero-order valence-corrected chi connectivity index (χ0v) is 5.84. The van der Waals surface area contributed by atoms with Gasteiger partial charge in [-0.05, 0) is 12.1 Å². The maximum absolute atomic E-state index is 12.7. The Hall–Kier alpha value is -1.29. The number of benzene rings is 1. The van der Waals surface area contributed by atoms with E-state index in [1.54, 1.807) is 0 Å². The standard InChI is InChI=1S/C7H9FN2O/c8-5-1-4(3-11)6(9)2-7(5)10/h1-2,11H,3,9-10H2. The Balaban J connectivity index is 3.21. The zero-order valence-electron chi connectivity index (χ0n) is 5.84. The second kappa shape index (κ2) is 2.75. The molecule has 0 radical (unpaired) electrons. The summed E-state index contributed by atoms with van der Waals surface area (Å²) < 4.78 is 12.7. The van der Waals surface area contributed by atoms with Gasteiger partial charge in [-0.1, -0.05) is 0 Å². The van der Waals surface area contributed by atoms with Crippen LogP contribution < -0.4 is 11.5 Å². The number of rotatable bonds is 1. The lowest BCUT2D eigenvalue weighted by Crippen LogP contribution is -1.99. The lowest BCUT2D eigenvalue weighted by atomic mass is 10.1. The highest BCUT2D eigenvalue weighted by atomic mass is 19.1. The molecule has 1 aromatic rings. The van der Waals surface area contributed by atoms with Gasteiger partial charge >= 0.3 is 0 Å². The topological polar surface area (TPSA) is 72.3 Å². The smallest absolute Gasteiger partial charge is 0.146 e. The van der Waals surface area contributed by atoms with Gasteiger partial charge in [0.05, 0.1) is 12.3 Å². The molecular weight excluding hydrogens is 147 g/mol. The van der Waals surface area contributed by atoms with E-state index in [2.05, 4.69) is 0 Å². The van der Waals surface area contributed by atoms with Gasteiger partial charge in [-0.2, -0.15) is 0 Å².